The standard InChI is InChI=1S/C11H16N2O2/c1-9(13(14)15)8-12-10(2)11-6-4-3-5-7-11/h3-7,9-10,12H,8H2,1-2H3. The summed E-state index contributed by atoms with van der Waals surface area (Å²) in [4.78, 5) is 10.1. The molecule has 0 saturated carbocycles. The van der Waals surface area contributed by atoms with Crippen molar-refractivity contribution in [2.45, 2.75) is 25.9 Å². The molecule has 0 heterocycles. The summed E-state index contributed by atoms with van der Waals surface area (Å²) in [5, 5.41) is 13.6. The Morgan fingerprint density at radius 1 is 1.33 bits per heavy atom. The third-order valence-electron chi connectivity index (χ3n) is 2.38. The average Bonchev–Trinajstić information content (AvgIpc) is 2.26. The lowest BCUT2D eigenvalue weighted by Crippen LogP contribution is -2.32. The van der Waals surface area contributed by atoms with Crippen molar-refractivity contribution in [3.63, 3.8) is 0 Å². The first-order chi connectivity index (χ1) is 7.11. The number of benzene rings is 1. The molecule has 1 N–H and O–H groups in total. The molecule has 82 valence electrons. The summed E-state index contributed by atoms with van der Waals surface area (Å²) >= 11 is 0. The quantitative estimate of drug-likeness (QED) is 0.594. The molecule has 0 aliphatic heterocycles. The van der Waals surface area contributed by atoms with E-state index in [1.54, 1.807) is 6.92 Å². The van der Waals surface area contributed by atoms with Gasteiger partial charge in [-0.15, -0.1) is 0 Å². The molecule has 0 spiro atoms. The summed E-state index contributed by atoms with van der Waals surface area (Å²) in [6, 6.07) is 9.50. The van der Waals surface area contributed by atoms with E-state index in [0.29, 0.717) is 6.54 Å². The third-order valence-corrected chi connectivity index (χ3v) is 2.38. The molecule has 15 heavy (non-hydrogen) atoms. The van der Waals surface area contributed by atoms with Crippen molar-refractivity contribution in [2.75, 3.05) is 6.54 Å². The van der Waals surface area contributed by atoms with Gasteiger partial charge in [-0.3, -0.25) is 10.1 Å². The van der Waals surface area contributed by atoms with Gasteiger partial charge in [0.05, 0.1) is 6.54 Å². The molecule has 0 amide bonds. The van der Waals surface area contributed by atoms with Crippen molar-refractivity contribution in [1.29, 1.82) is 0 Å². The number of nitrogens with zero attached hydrogens (tertiary/aromatic N) is 1. The van der Waals surface area contributed by atoms with E-state index in [9.17, 15) is 10.1 Å². The van der Waals surface area contributed by atoms with Gasteiger partial charge in [0.15, 0.2) is 0 Å². The van der Waals surface area contributed by atoms with Gasteiger partial charge in [0.1, 0.15) is 0 Å². The van der Waals surface area contributed by atoms with E-state index in [0.717, 1.165) is 5.56 Å². The van der Waals surface area contributed by atoms with Crippen LogP contribution in [0.1, 0.15) is 25.5 Å². The maximum atomic E-state index is 10.4. The number of hydrogen-bond acceptors (Lipinski definition) is 3. The van der Waals surface area contributed by atoms with E-state index in [1.807, 2.05) is 37.3 Å². The van der Waals surface area contributed by atoms with E-state index in [-0.39, 0.29) is 11.0 Å². The van der Waals surface area contributed by atoms with E-state index >= 15 is 0 Å². The topological polar surface area (TPSA) is 55.2 Å². The van der Waals surface area contributed by atoms with Gasteiger partial charge in [-0.1, -0.05) is 30.3 Å². The van der Waals surface area contributed by atoms with Crippen LogP contribution in [0.15, 0.2) is 30.3 Å². The normalized spacial score (nSPS) is 14.5. The Morgan fingerprint density at radius 3 is 2.47 bits per heavy atom. The van der Waals surface area contributed by atoms with E-state index < -0.39 is 6.04 Å². The zero-order valence-corrected chi connectivity index (χ0v) is 9.01. The van der Waals surface area contributed by atoms with Crippen molar-refractivity contribution in [2.24, 2.45) is 0 Å². The van der Waals surface area contributed by atoms with Crippen LogP contribution in [0.2, 0.25) is 0 Å². The predicted octanol–water partition coefficient (Wildman–Crippen LogP) is 2.00. The van der Waals surface area contributed by atoms with Crippen LogP contribution in [-0.2, 0) is 0 Å². The van der Waals surface area contributed by atoms with E-state index in [1.165, 1.54) is 0 Å². The molecule has 0 aromatic heterocycles. The molecule has 2 unspecified atom stereocenters. The van der Waals surface area contributed by atoms with E-state index in [2.05, 4.69) is 5.32 Å². The van der Waals surface area contributed by atoms with E-state index in [4.69, 9.17) is 0 Å². The molecular formula is C11H16N2O2. The third kappa shape index (κ3) is 3.67. The van der Waals surface area contributed by atoms with Crippen LogP contribution in [0.4, 0.5) is 0 Å². The average molecular weight is 208 g/mol. The summed E-state index contributed by atoms with van der Waals surface area (Å²) < 4.78 is 0. The summed E-state index contributed by atoms with van der Waals surface area (Å²) in [5.74, 6) is 0. The molecule has 0 aliphatic carbocycles. The van der Waals surface area contributed by atoms with Crippen LogP contribution in [0, 0.1) is 10.1 Å². The highest BCUT2D eigenvalue weighted by Crippen LogP contribution is 2.10. The zero-order valence-electron chi connectivity index (χ0n) is 9.01. The minimum absolute atomic E-state index is 0.147. The summed E-state index contributed by atoms with van der Waals surface area (Å²) in [5.41, 5.74) is 1.15. The van der Waals surface area contributed by atoms with Crippen molar-refractivity contribution < 1.29 is 4.92 Å². The highest BCUT2D eigenvalue weighted by molar-refractivity contribution is 5.17. The number of nitro groups is 1. The largest absolute Gasteiger partial charge is 0.304 e. The lowest BCUT2D eigenvalue weighted by molar-refractivity contribution is -0.516. The Kier molecular flexibility index (Phi) is 4.24. The van der Waals surface area contributed by atoms with Crippen LogP contribution < -0.4 is 5.32 Å². The number of rotatable bonds is 5. The second-order valence-corrected chi connectivity index (χ2v) is 3.67. The van der Waals surface area contributed by atoms with Crippen molar-refractivity contribution in [3.8, 4) is 0 Å². The lowest BCUT2D eigenvalue weighted by Gasteiger charge is -2.14. The van der Waals surface area contributed by atoms with Gasteiger partial charge < -0.3 is 5.32 Å². The molecule has 0 fully saturated rings. The van der Waals surface area contributed by atoms with Gasteiger partial charge in [-0.2, -0.15) is 0 Å². The van der Waals surface area contributed by atoms with Crippen LogP contribution in [0.25, 0.3) is 0 Å². The zero-order chi connectivity index (χ0) is 11.3. The van der Waals surface area contributed by atoms with Crippen molar-refractivity contribution >= 4 is 0 Å². The Hall–Kier alpha value is -1.42. The first-order valence-electron chi connectivity index (χ1n) is 5.03. The number of hydrogen-bond donors (Lipinski definition) is 1. The van der Waals surface area contributed by atoms with Crippen molar-refractivity contribution in [1.82, 2.24) is 5.32 Å². The van der Waals surface area contributed by atoms with Crippen LogP contribution in [-0.4, -0.2) is 17.5 Å². The maximum absolute atomic E-state index is 10.4. The molecule has 0 aliphatic rings. The second-order valence-electron chi connectivity index (χ2n) is 3.67. The van der Waals surface area contributed by atoms with Crippen LogP contribution in [0.3, 0.4) is 0 Å². The van der Waals surface area contributed by atoms with Crippen LogP contribution in [0.5, 0.6) is 0 Å². The van der Waals surface area contributed by atoms with Gasteiger partial charge in [0, 0.05) is 17.9 Å². The van der Waals surface area contributed by atoms with Gasteiger partial charge in [0.25, 0.3) is 0 Å². The summed E-state index contributed by atoms with van der Waals surface area (Å²) in [6.45, 7) is 4.00. The molecule has 0 bridgehead atoms. The number of nitrogens with one attached hydrogen (secondary N) is 1. The highest BCUT2D eigenvalue weighted by Gasteiger charge is 2.13. The summed E-state index contributed by atoms with van der Waals surface area (Å²) in [7, 11) is 0. The molecule has 2 atom stereocenters. The first-order valence-corrected chi connectivity index (χ1v) is 5.03. The SMILES string of the molecule is CC(NCC(C)[N+](=O)[O-])c1ccccc1. The monoisotopic (exact) mass is 208 g/mol. The molecule has 0 saturated heterocycles. The minimum Gasteiger partial charge on any atom is -0.304 e. The Labute approximate surface area is 89.5 Å². The fourth-order valence-electron chi connectivity index (χ4n) is 1.28. The predicted molar refractivity (Wildman–Crippen MR) is 59.3 cm³/mol. The van der Waals surface area contributed by atoms with Gasteiger partial charge in [0.2, 0.25) is 6.04 Å². The second kappa shape index (κ2) is 5.46. The molecule has 1 aromatic carbocycles. The molecule has 1 aromatic rings. The fourth-order valence-corrected chi connectivity index (χ4v) is 1.28. The molecule has 1 rings (SSSR count). The highest BCUT2D eigenvalue weighted by atomic mass is 16.6. The minimum atomic E-state index is -0.545. The molecular weight excluding hydrogens is 192 g/mol. The molecule has 4 nitrogen and oxygen atoms in total. The Bertz CT molecular complexity index is 314. The first kappa shape index (κ1) is 11.7. The smallest absolute Gasteiger partial charge is 0.222 e. The summed E-state index contributed by atoms with van der Waals surface area (Å²) in [6.07, 6.45) is 0. The molecule has 0 radical (unpaired) electrons. The Morgan fingerprint density at radius 2 is 1.93 bits per heavy atom. The molecule has 4 heteroatoms. The van der Waals surface area contributed by atoms with Gasteiger partial charge in [-0.25, -0.2) is 0 Å². The van der Waals surface area contributed by atoms with Gasteiger partial charge in [-0.05, 0) is 12.5 Å². The van der Waals surface area contributed by atoms with Crippen LogP contribution >= 0.6 is 0 Å². The Balaban J connectivity index is 2.43. The maximum Gasteiger partial charge on any atom is 0.222 e. The van der Waals surface area contributed by atoms with Gasteiger partial charge >= 0.3 is 0 Å². The fraction of sp³-hybridized carbons (Fsp3) is 0.455. The lowest BCUT2D eigenvalue weighted by atomic mass is 10.1. The van der Waals surface area contributed by atoms with Crippen molar-refractivity contribution in [3.05, 3.63) is 46.0 Å².